The molecule has 0 aromatic heterocycles. The van der Waals surface area contributed by atoms with Crippen LogP contribution < -0.4 is 0 Å². The summed E-state index contributed by atoms with van der Waals surface area (Å²) in [5.74, 6) is -1.06. The Morgan fingerprint density at radius 2 is 1.74 bits per heavy atom. The maximum absolute atomic E-state index is 13.2. The summed E-state index contributed by atoms with van der Waals surface area (Å²) >= 11 is 0. The first kappa shape index (κ1) is 23.7. The Morgan fingerprint density at radius 3 is 2.41 bits per heavy atom. The van der Waals surface area contributed by atoms with Crippen molar-refractivity contribution in [2.75, 3.05) is 0 Å². The zero-order valence-corrected chi connectivity index (χ0v) is 20.3. The molecule has 3 N–H and O–H groups in total. The van der Waals surface area contributed by atoms with Gasteiger partial charge in [-0.2, -0.15) is 0 Å². The predicted molar refractivity (Wildman–Crippen MR) is 126 cm³/mol. The number of ketones is 1. The zero-order chi connectivity index (χ0) is 24.5. The number of allylic oxidation sites excluding steroid dienone is 1. The number of Topliss-reactive ketones (excluding diaryl/α,β-unsaturated/α-hetero) is 1. The van der Waals surface area contributed by atoms with E-state index in [2.05, 4.69) is 13.0 Å². The van der Waals surface area contributed by atoms with Crippen molar-refractivity contribution in [3.8, 4) is 0 Å². The average molecular weight is 469 g/mol. The summed E-state index contributed by atoms with van der Waals surface area (Å²) in [5, 5.41) is 34.4. The van der Waals surface area contributed by atoms with Crippen LogP contribution in [0.2, 0.25) is 0 Å². The van der Waals surface area contributed by atoms with Crippen molar-refractivity contribution in [1.29, 1.82) is 0 Å². The molecular formula is C28H36O6. The van der Waals surface area contributed by atoms with Crippen LogP contribution in [0.1, 0.15) is 76.1 Å². The highest BCUT2D eigenvalue weighted by atomic mass is 16.5. The summed E-state index contributed by atoms with van der Waals surface area (Å²) < 4.78 is 6.12. The van der Waals surface area contributed by atoms with Gasteiger partial charge in [0.05, 0.1) is 22.7 Å². The van der Waals surface area contributed by atoms with Gasteiger partial charge >= 0.3 is 5.97 Å². The summed E-state index contributed by atoms with van der Waals surface area (Å²) in [7, 11) is 0. The van der Waals surface area contributed by atoms with Crippen LogP contribution in [0, 0.1) is 22.7 Å². The molecule has 3 saturated carbocycles. The Hall–Kier alpha value is -2.02. The number of esters is 1. The molecule has 0 spiro atoms. The summed E-state index contributed by atoms with van der Waals surface area (Å²) in [6.45, 7) is 5.31. The molecule has 4 aliphatic carbocycles. The number of benzene rings is 1. The van der Waals surface area contributed by atoms with Gasteiger partial charge in [0, 0.05) is 0 Å². The van der Waals surface area contributed by atoms with Gasteiger partial charge in [0.2, 0.25) is 0 Å². The molecule has 1 aromatic carbocycles. The first-order chi connectivity index (χ1) is 16.0. The average Bonchev–Trinajstić information content (AvgIpc) is 3.04. The molecule has 6 heteroatoms. The van der Waals surface area contributed by atoms with Gasteiger partial charge < -0.3 is 20.1 Å². The van der Waals surface area contributed by atoms with Crippen LogP contribution in [-0.2, 0) is 9.53 Å². The number of aliphatic hydroxyl groups is 3. The van der Waals surface area contributed by atoms with Gasteiger partial charge in [0.15, 0.2) is 5.78 Å². The van der Waals surface area contributed by atoms with Crippen LogP contribution in [0.5, 0.6) is 0 Å². The van der Waals surface area contributed by atoms with Crippen LogP contribution in [0.4, 0.5) is 0 Å². The van der Waals surface area contributed by atoms with Crippen LogP contribution in [0.15, 0.2) is 42.0 Å². The standard InChI is InChI=1S/C28H36O6/c1-17(29)27(32)13-14-28(33)21-10-9-19-15-20(30)11-12-25(19,2)22(21)16-23(26(27,28)3)34-24(31)18-7-5-4-6-8-18/h4-9,20-23,30,32-33H,10-16H2,1-3H3/t20-,21+,22-,23+,25-,26+,27+,28-/m0/s1. The van der Waals surface area contributed by atoms with Gasteiger partial charge in [0.1, 0.15) is 11.7 Å². The highest BCUT2D eigenvalue weighted by Gasteiger charge is 2.76. The SMILES string of the molecule is CC(=O)[C@]1(O)CC[C@]2(O)[C@@H]3CC=C4C[C@@H](O)CC[C@]4(C)[C@H]3C[C@@H](OC(=O)c3ccccc3)[C@]12C. The van der Waals surface area contributed by atoms with E-state index in [1.54, 1.807) is 31.2 Å². The van der Waals surface area contributed by atoms with Gasteiger partial charge in [0.25, 0.3) is 0 Å². The minimum Gasteiger partial charge on any atom is -0.458 e. The molecule has 34 heavy (non-hydrogen) atoms. The molecule has 8 atom stereocenters. The van der Waals surface area contributed by atoms with E-state index in [1.165, 1.54) is 12.5 Å². The summed E-state index contributed by atoms with van der Waals surface area (Å²) in [5.41, 5.74) is -3.08. The molecule has 0 heterocycles. The number of carbonyl (C=O) groups excluding carboxylic acids is 2. The second kappa shape index (κ2) is 7.74. The monoisotopic (exact) mass is 468 g/mol. The van der Waals surface area contributed by atoms with Crippen molar-refractivity contribution in [3.63, 3.8) is 0 Å². The van der Waals surface area contributed by atoms with Crippen LogP contribution in [0.25, 0.3) is 0 Å². The maximum Gasteiger partial charge on any atom is 0.338 e. The van der Waals surface area contributed by atoms with Crippen molar-refractivity contribution in [2.24, 2.45) is 22.7 Å². The molecule has 0 amide bonds. The van der Waals surface area contributed by atoms with Gasteiger partial charge in [-0.3, -0.25) is 4.79 Å². The second-order valence-corrected chi connectivity index (χ2v) is 11.5. The fraction of sp³-hybridized carbons (Fsp3) is 0.643. The minimum atomic E-state index is -1.78. The van der Waals surface area contributed by atoms with E-state index in [9.17, 15) is 24.9 Å². The normalized spacial score (nSPS) is 45.4. The Kier molecular flexibility index (Phi) is 5.40. The first-order valence-electron chi connectivity index (χ1n) is 12.6. The summed E-state index contributed by atoms with van der Waals surface area (Å²) in [6.07, 6.45) is 4.61. The van der Waals surface area contributed by atoms with E-state index < -0.39 is 34.5 Å². The highest BCUT2D eigenvalue weighted by Crippen LogP contribution is 2.69. The molecule has 5 rings (SSSR count). The molecule has 0 bridgehead atoms. The zero-order valence-electron chi connectivity index (χ0n) is 20.3. The van der Waals surface area contributed by atoms with Crippen molar-refractivity contribution in [2.45, 2.75) is 89.1 Å². The molecule has 3 fully saturated rings. The third-order valence-electron chi connectivity index (χ3n) is 10.3. The Bertz CT molecular complexity index is 1030. The molecule has 4 aliphatic rings. The number of hydrogen-bond donors (Lipinski definition) is 3. The topological polar surface area (TPSA) is 104 Å². The van der Waals surface area contributed by atoms with E-state index >= 15 is 0 Å². The summed E-state index contributed by atoms with van der Waals surface area (Å²) in [6, 6.07) is 8.71. The Labute approximate surface area is 201 Å². The van der Waals surface area contributed by atoms with Gasteiger partial charge in [-0.15, -0.1) is 0 Å². The largest absolute Gasteiger partial charge is 0.458 e. The van der Waals surface area contributed by atoms with E-state index in [-0.39, 0.29) is 36.2 Å². The molecule has 0 aliphatic heterocycles. The van der Waals surface area contributed by atoms with Gasteiger partial charge in [-0.25, -0.2) is 4.79 Å². The molecular weight excluding hydrogens is 432 g/mol. The highest BCUT2D eigenvalue weighted by molar-refractivity contribution is 5.90. The number of fused-ring (bicyclic) bond motifs is 5. The lowest BCUT2D eigenvalue weighted by Crippen LogP contribution is -2.71. The van der Waals surface area contributed by atoms with Crippen molar-refractivity contribution in [3.05, 3.63) is 47.5 Å². The second-order valence-electron chi connectivity index (χ2n) is 11.5. The fourth-order valence-electron chi connectivity index (χ4n) is 8.10. The van der Waals surface area contributed by atoms with E-state index in [0.29, 0.717) is 31.2 Å². The number of ether oxygens (including phenoxy) is 1. The van der Waals surface area contributed by atoms with Crippen LogP contribution in [0.3, 0.4) is 0 Å². The van der Waals surface area contributed by atoms with E-state index in [4.69, 9.17) is 4.74 Å². The number of rotatable bonds is 3. The molecule has 6 nitrogen and oxygen atoms in total. The Balaban J connectivity index is 1.60. The number of aliphatic hydroxyl groups excluding tert-OH is 1. The lowest BCUT2D eigenvalue weighted by molar-refractivity contribution is -0.252. The molecule has 184 valence electrons. The third kappa shape index (κ3) is 2.98. The predicted octanol–water partition coefficient (Wildman–Crippen LogP) is 3.58. The minimum absolute atomic E-state index is 0.0148. The molecule has 0 radical (unpaired) electrons. The molecule has 1 aromatic rings. The van der Waals surface area contributed by atoms with Crippen LogP contribution >= 0.6 is 0 Å². The number of hydrogen-bond acceptors (Lipinski definition) is 6. The van der Waals surface area contributed by atoms with Crippen molar-refractivity contribution >= 4 is 11.8 Å². The van der Waals surface area contributed by atoms with E-state index in [1.807, 2.05) is 6.07 Å². The van der Waals surface area contributed by atoms with Gasteiger partial charge in [-0.1, -0.05) is 43.7 Å². The molecule has 0 saturated heterocycles. The van der Waals surface area contributed by atoms with Crippen LogP contribution in [-0.4, -0.2) is 50.5 Å². The lowest BCUT2D eigenvalue weighted by Gasteiger charge is -2.63. The maximum atomic E-state index is 13.2. The quantitative estimate of drug-likeness (QED) is 0.463. The smallest absolute Gasteiger partial charge is 0.338 e. The van der Waals surface area contributed by atoms with Crippen molar-refractivity contribution < 1.29 is 29.6 Å². The lowest BCUT2D eigenvalue weighted by atomic mass is 9.44. The summed E-state index contributed by atoms with van der Waals surface area (Å²) in [4.78, 5) is 26.0. The molecule has 0 unspecified atom stereocenters. The van der Waals surface area contributed by atoms with Gasteiger partial charge in [-0.05, 0) is 81.3 Å². The van der Waals surface area contributed by atoms with E-state index in [0.717, 1.165) is 6.42 Å². The van der Waals surface area contributed by atoms with Crippen molar-refractivity contribution in [1.82, 2.24) is 0 Å². The first-order valence-corrected chi connectivity index (χ1v) is 12.6. The number of carbonyl (C=O) groups is 2. The Morgan fingerprint density at radius 1 is 1.03 bits per heavy atom. The fourth-order valence-corrected chi connectivity index (χ4v) is 8.10. The third-order valence-corrected chi connectivity index (χ3v) is 10.3.